The Bertz CT molecular complexity index is 939. The van der Waals surface area contributed by atoms with E-state index in [2.05, 4.69) is 29.9 Å². The van der Waals surface area contributed by atoms with Crippen LogP contribution < -0.4 is 5.32 Å². The van der Waals surface area contributed by atoms with Gasteiger partial charge in [-0.25, -0.2) is 14.5 Å². The van der Waals surface area contributed by atoms with E-state index in [1.807, 2.05) is 33.0 Å². The summed E-state index contributed by atoms with van der Waals surface area (Å²) in [4.78, 5) is 25.6. The van der Waals surface area contributed by atoms with Gasteiger partial charge in [-0.05, 0) is 33.3 Å². The van der Waals surface area contributed by atoms with Gasteiger partial charge in [-0.1, -0.05) is 0 Å². The van der Waals surface area contributed by atoms with E-state index >= 15 is 0 Å². The average molecular weight is 325 g/mol. The Hall–Kier alpha value is -2.77. The molecule has 1 amide bonds. The highest BCUT2D eigenvalue weighted by Crippen LogP contribution is 2.15. The fourth-order valence-corrected chi connectivity index (χ4v) is 3.22. The van der Waals surface area contributed by atoms with Crippen LogP contribution in [0.5, 0.6) is 0 Å². The first-order valence-electron chi connectivity index (χ1n) is 8.04. The number of nitrogens with one attached hydrogen (secondary N) is 1. The molecule has 0 radical (unpaired) electrons. The number of aromatic nitrogens is 6. The van der Waals surface area contributed by atoms with Crippen molar-refractivity contribution in [3.05, 3.63) is 41.0 Å². The molecule has 0 aliphatic carbocycles. The number of aryl methyl sites for hydroxylation is 4. The molecule has 0 spiro atoms. The summed E-state index contributed by atoms with van der Waals surface area (Å²) in [6.07, 6.45) is 3.75. The zero-order chi connectivity index (χ0) is 16.8. The van der Waals surface area contributed by atoms with Gasteiger partial charge in [0.2, 0.25) is 5.82 Å². The molecule has 0 saturated carbocycles. The van der Waals surface area contributed by atoms with E-state index < -0.39 is 0 Å². The summed E-state index contributed by atoms with van der Waals surface area (Å²) in [5.74, 6) is 1.43. The molecule has 3 aromatic heterocycles. The van der Waals surface area contributed by atoms with E-state index in [1.165, 1.54) is 0 Å². The van der Waals surface area contributed by atoms with E-state index in [-0.39, 0.29) is 17.8 Å². The van der Waals surface area contributed by atoms with E-state index in [1.54, 1.807) is 4.52 Å². The smallest absolute Gasteiger partial charge is 0.291 e. The van der Waals surface area contributed by atoms with Gasteiger partial charge in [0, 0.05) is 36.6 Å². The average Bonchev–Trinajstić information content (AvgIpc) is 3.09. The number of carbonyl (C=O) groups is 1. The van der Waals surface area contributed by atoms with Gasteiger partial charge in [0.25, 0.3) is 11.7 Å². The van der Waals surface area contributed by atoms with Gasteiger partial charge in [0.1, 0.15) is 5.82 Å². The van der Waals surface area contributed by atoms with Crippen molar-refractivity contribution in [2.75, 3.05) is 0 Å². The third kappa shape index (κ3) is 2.53. The van der Waals surface area contributed by atoms with Crippen LogP contribution in [0.3, 0.4) is 0 Å². The van der Waals surface area contributed by atoms with E-state index in [0.29, 0.717) is 5.78 Å². The second-order valence-electron chi connectivity index (χ2n) is 6.35. The van der Waals surface area contributed by atoms with Crippen molar-refractivity contribution in [1.29, 1.82) is 0 Å². The van der Waals surface area contributed by atoms with Gasteiger partial charge in [-0.3, -0.25) is 4.79 Å². The fourth-order valence-electron chi connectivity index (χ4n) is 3.22. The minimum atomic E-state index is -0.261. The highest BCUT2D eigenvalue weighted by molar-refractivity contribution is 5.91. The van der Waals surface area contributed by atoms with Crippen LogP contribution in [-0.2, 0) is 13.0 Å². The number of rotatable bonds is 2. The number of fused-ring (bicyclic) bond motifs is 2. The molecular formula is C16H19N7O. The lowest BCUT2D eigenvalue weighted by Crippen LogP contribution is -2.41. The topological polar surface area (TPSA) is 90.0 Å². The Kier molecular flexibility index (Phi) is 3.33. The molecule has 1 aliphatic rings. The minimum Gasteiger partial charge on any atom is -0.345 e. The molecule has 1 atom stereocenters. The number of amides is 1. The summed E-state index contributed by atoms with van der Waals surface area (Å²) in [6, 6.07) is 1.97. The Morgan fingerprint density at radius 3 is 2.88 bits per heavy atom. The Morgan fingerprint density at radius 2 is 2.04 bits per heavy atom. The standard InChI is InChI=1S/C16H19N7O/c1-9-6-11(3)23-16(18-9)20-14(21-23)15(24)19-12-4-5-13-17-10(2)7-22(13)8-12/h6-7,12H,4-5,8H2,1-3H3,(H,19,24)/t12-/m0/s1. The lowest BCUT2D eigenvalue weighted by Gasteiger charge is -2.24. The lowest BCUT2D eigenvalue weighted by atomic mass is 10.1. The molecule has 124 valence electrons. The van der Waals surface area contributed by atoms with E-state index in [4.69, 9.17) is 0 Å². The molecule has 24 heavy (non-hydrogen) atoms. The Labute approximate surface area is 138 Å². The minimum absolute atomic E-state index is 0.0565. The summed E-state index contributed by atoms with van der Waals surface area (Å²) in [5.41, 5.74) is 2.77. The number of hydrogen-bond acceptors (Lipinski definition) is 5. The van der Waals surface area contributed by atoms with Crippen LogP contribution in [-0.4, -0.2) is 41.1 Å². The maximum atomic E-state index is 12.5. The third-order valence-electron chi connectivity index (χ3n) is 4.27. The second kappa shape index (κ2) is 5.40. The van der Waals surface area contributed by atoms with Crippen molar-refractivity contribution < 1.29 is 4.79 Å². The van der Waals surface area contributed by atoms with E-state index in [0.717, 1.165) is 42.3 Å². The molecule has 8 nitrogen and oxygen atoms in total. The van der Waals surface area contributed by atoms with Crippen molar-refractivity contribution in [2.45, 2.75) is 46.2 Å². The fraction of sp³-hybridized carbons (Fsp3) is 0.438. The first-order chi connectivity index (χ1) is 11.5. The summed E-state index contributed by atoms with van der Waals surface area (Å²) < 4.78 is 3.70. The van der Waals surface area contributed by atoms with Crippen molar-refractivity contribution in [1.82, 2.24) is 34.4 Å². The van der Waals surface area contributed by atoms with Gasteiger partial charge >= 0.3 is 0 Å². The van der Waals surface area contributed by atoms with Crippen LogP contribution in [0.25, 0.3) is 5.78 Å². The first kappa shape index (κ1) is 14.8. The van der Waals surface area contributed by atoms with Crippen LogP contribution >= 0.6 is 0 Å². The predicted octanol–water partition coefficient (Wildman–Crippen LogP) is 0.991. The summed E-state index contributed by atoms with van der Waals surface area (Å²) in [5, 5.41) is 7.31. The number of carbonyl (C=O) groups excluding carboxylic acids is 1. The largest absolute Gasteiger partial charge is 0.345 e. The van der Waals surface area contributed by atoms with Crippen LogP contribution in [0.2, 0.25) is 0 Å². The van der Waals surface area contributed by atoms with Crippen molar-refractivity contribution in [3.63, 3.8) is 0 Å². The monoisotopic (exact) mass is 325 g/mol. The molecule has 0 unspecified atom stereocenters. The van der Waals surface area contributed by atoms with Crippen molar-refractivity contribution >= 4 is 11.7 Å². The highest BCUT2D eigenvalue weighted by Gasteiger charge is 2.23. The van der Waals surface area contributed by atoms with Crippen molar-refractivity contribution in [3.8, 4) is 0 Å². The number of nitrogens with zero attached hydrogens (tertiary/aromatic N) is 6. The normalized spacial score (nSPS) is 17.0. The summed E-state index contributed by atoms with van der Waals surface area (Å²) in [7, 11) is 0. The SMILES string of the molecule is Cc1cn2c(n1)CC[C@H](NC(=O)c1nc3nc(C)cc(C)n3n1)C2. The quantitative estimate of drug-likeness (QED) is 0.759. The maximum Gasteiger partial charge on any atom is 0.291 e. The molecular weight excluding hydrogens is 306 g/mol. The molecule has 3 aromatic rings. The highest BCUT2D eigenvalue weighted by atomic mass is 16.2. The van der Waals surface area contributed by atoms with Gasteiger partial charge in [0.15, 0.2) is 0 Å². The molecule has 1 N–H and O–H groups in total. The first-order valence-corrected chi connectivity index (χ1v) is 8.04. The van der Waals surface area contributed by atoms with E-state index in [9.17, 15) is 4.79 Å². The van der Waals surface area contributed by atoms with Crippen LogP contribution in [0.15, 0.2) is 12.3 Å². The van der Waals surface area contributed by atoms with Crippen LogP contribution in [0.4, 0.5) is 0 Å². The zero-order valence-electron chi connectivity index (χ0n) is 13.9. The molecule has 0 aromatic carbocycles. The molecule has 0 bridgehead atoms. The predicted molar refractivity (Wildman–Crippen MR) is 86.8 cm³/mol. The Morgan fingerprint density at radius 1 is 1.21 bits per heavy atom. The van der Waals surface area contributed by atoms with Crippen molar-refractivity contribution in [2.24, 2.45) is 0 Å². The lowest BCUT2D eigenvalue weighted by molar-refractivity contribution is 0.0917. The molecule has 1 aliphatic heterocycles. The van der Waals surface area contributed by atoms with Crippen LogP contribution in [0, 0.1) is 20.8 Å². The maximum absolute atomic E-state index is 12.5. The summed E-state index contributed by atoms with van der Waals surface area (Å²) >= 11 is 0. The molecule has 8 heteroatoms. The third-order valence-corrected chi connectivity index (χ3v) is 4.27. The van der Waals surface area contributed by atoms with Gasteiger partial charge in [0.05, 0.1) is 5.69 Å². The molecule has 4 heterocycles. The molecule has 0 saturated heterocycles. The zero-order valence-corrected chi connectivity index (χ0v) is 13.9. The number of hydrogen-bond donors (Lipinski definition) is 1. The second-order valence-corrected chi connectivity index (χ2v) is 6.35. The Balaban J connectivity index is 1.53. The number of imidazole rings is 1. The van der Waals surface area contributed by atoms with Gasteiger partial charge in [-0.15, -0.1) is 5.10 Å². The van der Waals surface area contributed by atoms with Crippen LogP contribution in [0.1, 0.15) is 39.9 Å². The van der Waals surface area contributed by atoms with Gasteiger partial charge < -0.3 is 9.88 Å². The molecule has 0 fully saturated rings. The molecule has 4 rings (SSSR count). The summed E-state index contributed by atoms with van der Waals surface area (Å²) in [6.45, 7) is 6.53. The van der Waals surface area contributed by atoms with Gasteiger partial charge in [-0.2, -0.15) is 4.98 Å².